The lowest BCUT2D eigenvalue weighted by molar-refractivity contribution is -0.114. The van der Waals surface area contributed by atoms with Crippen LogP contribution in [0.5, 0.6) is 11.5 Å². The van der Waals surface area contributed by atoms with E-state index in [1.807, 2.05) is 19.1 Å². The third-order valence-corrected chi connectivity index (χ3v) is 5.90. The van der Waals surface area contributed by atoms with Crippen molar-refractivity contribution < 1.29 is 14.3 Å². The molecular weight excluding hydrogens is 416 g/mol. The normalized spacial score (nSPS) is 17.7. The molecule has 0 saturated carbocycles. The van der Waals surface area contributed by atoms with Crippen molar-refractivity contribution in [1.29, 1.82) is 0 Å². The number of ether oxygens (including phenoxy) is 2. The molecule has 2 aliphatic heterocycles. The molecule has 7 nitrogen and oxygen atoms in total. The number of carbonyl (C=O) groups is 1. The van der Waals surface area contributed by atoms with Crippen LogP contribution >= 0.6 is 0 Å². The molecule has 1 aromatic heterocycles. The van der Waals surface area contributed by atoms with E-state index in [0.717, 1.165) is 55.2 Å². The molecule has 1 amide bonds. The third-order valence-electron chi connectivity index (χ3n) is 5.90. The van der Waals surface area contributed by atoms with Crippen molar-refractivity contribution in [3.05, 3.63) is 47.7 Å². The highest BCUT2D eigenvalue weighted by molar-refractivity contribution is 5.87. The second kappa shape index (κ2) is 9.83. The molecule has 0 aliphatic carbocycles. The fourth-order valence-corrected chi connectivity index (χ4v) is 4.32. The molecule has 0 spiro atoms. The van der Waals surface area contributed by atoms with E-state index in [9.17, 15) is 4.79 Å². The van der Waals surface area contributed by atoms with E-state index < -0.39 is 0 Å². The van der Waals surface area contributed by atoms with Gasteiger partial charge in [0.25, 0.3) is 0 Å². The van der Waals surface area contributed by atoms with E-state index in [1.54, 1.807) is 6.20 Å². The summed E-state index contributed by atoms with van der Waals surface area (Å²) in [5.74, 6) is 2.13. The number of benzene rings is 1. The molecule has 4 rings (SSSR count). The third kappa shape index (κ3) is 6.05. The molecule has 0 radical (unpaired) electrons. The number of anilines is 2. The number of piperidine rings is 1. The molecule has 2 aromatic rings. The first-order valence-electron chi connectivity index (χ1n) is 11.7. The second-order valence-corrected chi connectivity index (χ2v) is 9.29. The van der Waals surface area contributed by atoms with Crippen LogP contribution in [0.15, 0.2) is 36.5 Å². The van der Waals surface area contributed by atoms with Crippen LogP contribution in [0.2, 0.25) is 0 Å². The van der Waals surface area contributed by atoms with E-state index in [-0.39, 0.29) is 11.5 Å². The van der Waals surface area contributed by atoms with Crippen molar-refractivity contribution in [1.82, 2.24) is 9.88 Å². The number of likely N-dealkylation sites (tertiary alicyclic amines) is 1. The van der Waals surface area contributed by atoms with E-state index in [0.29, 0.717) is 18.5 Å². The Labute approximate surface area is 196 Å². The summed E-state index contributed by atoms with van der Waals surface area (Å²) in [5.41, 5.74) is 2.99. The highest BCUT2D eigenvalue weighted by atomic mass is 16.5. The summed E-state index contributed by atoms with van der Waals surface area (Å²) in [7, 11) is 0. The smallest absolute Gasteiger partial charge is 0.222 e. The minimum Gasteiger partial charge on any atom is -0.490 e. The van der Waals surface area contributed by atoms with E-state index >= 15 is 0 Å². The standard InChI is InChI=1S/C26H34N4O3/c1-5-32-23-15-19(14-20-8-11-26(3,4)33-25(20)23)17-30-12-9-21(10-13-30)29-22-6-7-24(27-16-22)28-18(2)31/h6-8,11,14-16,21,29H,5,9-10,12-13,17H2,1-4H3,(H,27,28,31). The molecular formula is C26H34N4O3. The fourth-order valence-electron chi connectivity index (χ4n) is 4.32. The zero-order valence-electron chi connectivity index (χ0n) is 20.0. The first-order valence-corrected chi connectivity index (χ1v) is 11.7. The lowest BCUT2D eigenvalue weighted by atomic mass is 9.99. The van der Waals surface area contributed by atoms with Crippen molar-refractivity contribution in [3.63, 3.8) is 0 Å². The van der Waals surface area contributed by atoms with Gasteiger partial charge >= 0.3 is 0 Å². The van der Waals surface area contributed by atoms with Crippen molar-refractivity contribution in [3.8, 4) is 11.5 Å². The van der Waals surface area contributed by atoms with E-state index in [4.69, 9.17) is 9.47 Å². The number of hydrogen-bond acceptors (Lipinski definition) is 6. The summed E-state index contributed by atoms with van der Waals surface area (Å²) < 4.78 is 12.1. The summed E-state index contributed by atoms with van der Waals surface area (Å²) in [6.45, 7) is 11.2. The van der Waals surface area contributed by atoms with Crippen LogP contribution in [0.4, 0.5) is 11.5 Å². The molecule has 1 aromatic carbocycles. The Morgan fingerprint density at radius 3 is 2.73 bits per heavy atom. The van der Waals surface area contributed by atoms with Gasteiger partial charge in [0.15, 0.2) is 11.5 Å². The number of hydrogen-bond donors (Lipinski definition) is 2. The average molecular weight is 451 g/mol. The summed E-state index contributed by atoms with van der Waals surface area (Å²) in [5, 5.41) is 6.27. The van der Waals surface area contributed by atoms with Crippen LogP contribution in [-0.4, -0.2) is 47.1 Å². The summed E-state index contributed by atoms with van der Waals surface area (Å²) in [4.78, 5) is 17.9. The first kappa shape index (κ1) is 23.1. The topological polar surface area (TPSA) is 75.7 Å². The van der Waals surface area contributed by atoms with Crippen LogP contribution in [0, 0.1) is 0 Å². The Bertz CT molecular complexity index is 1010. The van der Waals surface area contributed by atoms with Gasteiger partial charge in [-0.2, -0.15) is 0 Å². The largest absolute Gasteiger partial charge is 0.490 e. The molecule has 3 heterocycles. The molecule has 1 saturated heterocycles. The number of carbonyl (C=O) groups excluding carboxylic acids is 1. The SMILES string of the molecule is CCOc1cc(CN2CCC(Nc3ccc(NC(C)=O)nc3)CC2)cc2c1OC(C)(C)C=C2. The Kier molecular flexibility index (Phi) is 6.88. The van der Waals surface area contributed by atoms with Gasteiger partial charge in [-0.25, -0.2) is 4.98 Å². The summed E-state index contributed by atoms with van der Waals surface area (Å²) in [6.07, 6.45) is 8.15. The van der Waals surface area contributed by atoms with Crippen molar-refractivity contribution in [2.75, 3.05) is 30.3 Å². The zero-order chi connectivity index (χ0) is 23.4. The van der Waals surface area contributed by atoms with Gasteiger partial charge in [0.2, 0.25) is 5.91 Å². The van der Waals surface area contributed by atoms with Gasteiger partial charge in [0, 0.05) is 38.2 Å². The molecule has 0 bridgehead atoms. The Hall–Kier alpha value is -3.06. The molecule has 2 N–H and O–H groups in total. The Morgan fingerprint density at radius 2 is 2.06 bits per heavy atom. The number of fused-ring (bicyclic) bond motifs is 1. The predicted octanol–water partition coefficient (Wildman–Crippen LogP) is 4.70. The lowest BCUT2D eigenvalue weighted by Gasteiger charge is -2.33. The van der Waals surface area contributed by atoms with E-state index in [2.05, 4.69) is 58.6 Å². The number of nitrogens with zero attached hydrogens (tertiary/aromatic N) is 2. The second-order valence-electron chi connectivity index (χ2n) is 9.29. The van der Waals surface area contributed by atoms with Crippen molar-refractivity contribution in [2.24, 2.45) is 0 Å². The Morgan fingerprint density at radius 1 is 1.27 bits per heavy atom. The van der Waals surface area contributed by atoms with Gasteiger partial charge < -0.3 is 20.1 Å². The average Bonchev–Trinajstić information content (AvgIpc) is 2.76. The van der Waals surface area contributed by atoms with Crippen LogP contribution in [0.25, 0.3) is 6.08 Å². The molecule has 2 aliphatic rings. The van der Waals surface area contributed by atoms with Gasteiger partial charge in [-0.05, 0) is 69.5 Å². The number of amides is 1. The maximum absolute atomic E-state index is 11.1. The highest BCUT2D eigenvalue weighted by Gasteiger charge is 2.26. The number of aromatic nitrogens is 1. The number of pyridine rings is 1. The van der Waals surface area contributed by atoms with Crippen LogP contribution < -0.4 is 20.1 Å². The van der Waals surface area contributed by atoms with Gasteiger partial charge in [-0.1, -0.05) is 6.08 Å². The van der Waals surface area contributed by atoms with Gasteiger partial charge in [0.1, 0.15) is 11.4 Å². The lowest BCUT2D eigenvalue weighted by Crippen LogP contribution is -2.38. The highest BCUT2D eigenvalue weighted by Crippen LogP contribution is 2.40. The maximum Gasteiger partial charge on any atom is 0.222 e. The predicted molar refractivity (Wildman–Crippen MR) is 132 cm³/mol. The quantitative estimate of drug-likeness (QED) is 0.637. The minimum absolute atomic E-state index is 0.115. The molecule has 176 valence electrons. The van der Waals surface area contributed by atoms with Gasteiger partial charge in [-0.15, -0.1) is 0 Å². The monoisotopic (exact) mass is 450 g/mol. The molecule has 0 unspecified atom stereocenters. The fraction of sp³-hybridized carbons (Fsp3) is 0.462. The van der Waals surface area contributed by atoms with Crippen LogP contribution in [-0.2, 0) is 11.3 Å². The van der Waals surface area contributed by atoms with Gasteiger partial charge in [0.05, 0.1) is 18.5 Å². The first-order chi connectivity index (χ1) is 15.8. The summed E-state index contributed by atoms with van der Waals surface area (Å²) >= 11 is 0. The Balaban J connectivity index is 1.34. The zero-order valence-corrected chi connectivity index (χ0v) is 20.0. The number of nitrogens with one attached hydrogen (secondary N) is 2. The number of rotatable bonds is 7. The summed E-state index contributed by atoms with van der Waals surface area (Å²) in [6, 6.07) is 8.55. The van der Waals surface area contributed by atoms with Crippen molar-refractivity contribution >= 4 is 23.5 Å². The van der Waals surface area contributed by atoms with Crippen molar-refractivity contribution in [2.45, 2.75) is 58.7 Å². The van der Waals surface area contributed by atoms with Gasteiger partial charge in [-0.3, -0.25) is 9.69 Å². The minimum atomic E-state index is -0.324. The molecule has 7 heteroatoms. The van der Waals surface area contributed by atoms with E-state index in [1.165, 1.54) is 12.5 Å². The van der Waals surface area contributed by atoms with Crippen LogP contribution in [0.3, 0.4) is 0 Å². The van der Waals surface area contributed by atoms with Crippen LogP contribution in [0.1, 0.15) is 51.7 Å². The maximum atomic E-state index is 11.1. The molecule has 0 atom stereocenters. The molecule has 33 heavy (non-hydrogen) atoms. The molecule has 1 fully saturated rings.